The van der Waals surface area contributed by atoms with Crippen molar-refractivity contribution >= 4 is 27.6 Å². The van der Waals surface area contributed by atoms with Crippen LogP contribution in [0.1, 0.15) is 21.9 Å². The maximum Gasteiger partial charge on any atom is 0.137 e. The second-order valence-corrected chi connectivity index (χ2v) is 8.93. The third-order valence-corrected chi connectivity index (χ3v) is 6.35. The first-order chi connectivity index (χ1) is 13.8. The normalized spacial score (nSPS) is 14.2. The highest BCUT2D eigenvalue weighted by Crippen LogP contribution is 2.36. The number of benzene rings is 2. The lowest BCUT2D eigenvalue weighted by molar-refractivity contribution is 0.585. The van der Waals surface area contributed by atoms with Crippen LogP contribution in [0.25, 0.3) is 0 Å². The van der Waals surface area contributed by atoms with Crippen LogP contribution < -0.4 is 4.72 Å². The van der Waals surface area contributed by atoms with Crippen LogP contribution in [0.3, 0.4) is 0 Å². The minimum Gasteiger partial charge on any atom is -0.290 e. The Balaban J connectivity index is 2.20. The van der Waals surface area contributed by atoms with E-state index in [0.29, 0.717) is 11.1 Å². The monoisotopic (exact) mass is 438 g/mol. The topological polar surface area (TPSA) is 59.1 Å². The van der Waals surface area contributed by atoms with Crippen LogP contribution in [0.5, 0.6) is 0 Å². The lowest BCUT2D eigenvalue weighted by atomic mass is 10.0. The van der Waals surface area contributed by atoms with Gasteiger partial charge in [-0.2, -0.15) is 0 Å². The molecule has 4 nitrogen and oxygen atoms in total. The van der Waals surface area contributed by atoms with Crippen LogP contribution in [-0.2, 0) is 21.8 Å². The maximum atomic E-state index is 14.6. The highest BCUT2D eigenvalue weighted by atomic mass is 32.2. The van der Waals surface area contributed by atoms with Gasteiger partial charge in [0.25, 0.3) is 0 Å². The van der Waals surface area contributed by atoms with E-state index in [2.05, 4.69) is 9.71 Å². The van der Waals surface area contributed by atoms with Crippen molar-refractivity contribution in [2.24, 2.45) is 0 Å². The van der Waals surface area contributed by atoms with Gasteiger partial charge in [0, 0.05) is 22.9 Å². The first-order valence-electron chi connectivity index (χ1n) is 8.44. The molecule has 0 aliphatic carbocycles. The Labute approximate surface area is 171 Å². The number of halogens is 3. The molecular weight excluding hydrogens is 421 g/mol. The smallest absolute Gasteiger partial charge is 0.137 e. The molecule has 9 heteroatoms. The average Bonchev–Trinajstić information content (AvgIpc) is 2.67. The summed E-state index contributed by atoms with van der Waals surface area (Å²) >= 11 is 0. The van der Waals surface area contributed by atoms with E-state index in [1.54, 1.807) is 6.92 Å². The van der Waals surface area contributed by atoms with Crippen molar-refractivity contribution in [3.05, 3.63) is 88.9 Å². The summed E-state index contributed by atoms with van der Waals surface area (Å²) in [7, 11) is -3.30. The van der Waals surface area contributed by atoms with Gasteiger partial charge in [0.2, 0.25) is 0 Å². The van der Waals surface area contributed by atoms with Gasteiger partial charge < -0.3 is 0 Å². The molecule has 3 atom stereocenters. The van der Waals surface area contributed by atoms with Crippen molar-refractivity contribution in [1.82, 2.24) is 4.98 Å². The molecule has 0 radical (unpaired) electrons. The fraction of sp³-hybridized carbons (Fsp3) is 0.150. The lowest BCUT2D eigenvalue weighted by Gasteiger charge is -2.21. The minimum absolute atomic E-state index is 0.106. The molecule has 0 fully saturated rings. The molecule has 152 valence electrons. The van der Waals surface area contributed by atoms with Crippen LogP contribution in [0, 0.1) is 24.4 Å². The predicted molar refractivity (Wildman–Crippen MR) is 108 cm³/mol. The van der Waals surface area contributed by atoms with Gasteiger partial charge >= 0.3 is 0 Å². The Morgan fingerprint density at radius 1 is 0.931 bits per heavy atom. The van der Waals surface area contributed by atoms with Crippen LogP contribution in [0.2, 0.25) is 0 Å². The molecule has 29 heavy (non-hydrogen) atoms. The number of rotatable bonds is 6. The first-order valence-corrected chi connectivity index (χ1v) is 11.2. The van der Waals surface area contributed by atoms with Gasteiger partial charge in [0.1, 0.15) is 34.3 Å². The summed E-state index contributed by atoms with van der Waals surface area (Å²) in [5.41, 5.74) is 0.896. The van der Waals surface area contributed by atoms with Crippen LogP contribution >= 0.6 is 0 Å². The quantitative estimate of drug-likeness (QED) is 0.620. The zero-order valence-electron chi connectivity index (χ0n) is 15.5. The third kappa shape index (κ3) is 4.91. The Kier molecular flexibility index (Phi) is 6.49. The Bertz CT molecular complexity index is 1090. The molecule has 0 saturated heterocycles. The fourth-order valence-corrected chi connectivity index (χ4v) is 4.82. The van der Waals surface area contributed by atoms with Gasteiger partial charge in [-0.25, -0.2) is 22.4 Å². The largest absolute Gasteiger partial charge is 0.290 e. The van der Waals surface area contributed by atoms with Crippen molar-refractivity contribution in [1.29, 1.82) is 0 Å². The second kappa shape index (κ2) is 8.87. The molecule has 1 N–H and O–H groups in total. The van der Waals surface area contributed by atoms with Gasteiger partial charge in [0.15, 0.2) is 0 Å². The number of hydrogen-bond acceptors (Lipinski definition) is 3. The second-order valence-electron chi connectivity index (χ2n) is 6.28. The molecule has 2 aromatic carbocycles. The van der Waals surface area contributed by atoms with E-state index in [9.17, 15) is 21.6 Å². The molecule has 0 bridgehead atoms. The molecular formula is C20H17F3N2O2S2. The number of aryl methyl sites for hydroxylation is 1. The van der Waals surface area contributed by atoms with E-state index in [1.807, 2.05) is 0 Å². The standard InChI is InChI=1S/C20H17F3N2O2S2/c1-12-11-24-19(25-28(2)26)10-16(12)20(17-9-14(22)5-8-18(17)23)29(27)15-6-3-13(21)4-7-15/h3-11,20H,1-2H3,(H,24,25). The molecule has 0 saturated carbocycles. The van der Waals surface area contributed by atoms with Gasteiger partial charge in [0.05, 0.1) is 16.0 Å². The molecule has 0 aliphatic rings. The van der Waals surface area contributed by atoms with Crippen molar-refractivity contribution in [3.63, 3.8) is 0 Å². The van der Waals surface area contributed by atoms with Gasteiger partial charge in [-0.15, -0.1) is 0 Å². The molecule has 3 aromatic rings. The van der Waals surface area contributed by atoms with Gasteiger partial charge in [-0.3, -0.25) is 8.93 Å². The first kappa shape index (κ1) is 21.2. The molecule has 0 amide bonds. The summed E-state index contributed by atoms with van der Waals surface area (Å²) in [5, 5.41) is -1.09. The van der Waals surface area contributed by atoms with E-state index in [1.165, 1.54) is 30.7 Å². The lowest BCUT2D eigenvalue weighted by Crippen LogP contribution is -2.14. The number of pyridine rings is 1. The van der Waals surface area contributed by atoms with Crippen molar-refractivity contribution in [3.8, 4) is 0 Å². The molecule has 0 aliphatic heterocycles. The number of aromatic nitrogens is 1. The summed E-state index contributed by atoms with van der Waals surface area (Å²) in [6, 6.07) is 9.43. The minimum atomic E-state index is -1.89. The van der Waals surface area contributed by atoms with Crippen LogP contribution in [0.4, 0.5) is 19.0 Å². The Morgan fingerprint density at radius 2 is 1.59 bits per heavy atom. The molecule has 3 rings (SSSR count). The summed E-state index contributed by atoms with van der Waals surface area (Å²) < 4.78 is 69.4. The van der Waals surface area contributed by atoms with Crippen LogP contribution in [-0.4, -0.2) is 19.7 Å². The van der Waals surface area contributed by atoms with Crippen molar-refractivity contribution in [2.75, 3.05) is 11.0 Å². The fourth-order valence-electron chi connectivity index (χ4n) is 2.84. The maximum absolute atomic E-state index is 14.6. The predicted octanol–water partition coefficient (Wildman–Crippen LogP) is 4.41. The number of nitrogens with one attached hydrogen (secondary N) is 1. The highest BCUT2D eigenvalue weighted by molar-refractivity contribution is 7.85. The van der Waals surface area contributed by atoms with Crippen LogP contribution in [0.15, 0.2) is 59.6 Å². The molecule has 1 aromatic heterocycles. The van der Waals surface area contributed by atoms with E-state index in [-0.39, 0.29) is 16.3 Å². The zero-order valence-corrected chi connectivity index (χ0v) is 17.1. The van der Waals surface area contributed by atoms with E-state index >= 15 is 0 Å². The summed E-state index contributed by atoms with van der Waals surface area (Å²) in [5.74, 6) is -1.67. The summed E-state index contributed by atoms with van der Waals surface area (Å²) in [6.45, 7) is 1.70. The Hall–Kier alpha value is -2.52. The van der Waals surface area contributed by atoms with Crippen molar-refractivity contribution < 1.29 is 21.6 Å². The van der Waals surface area contributed by atoms with Crippen molar-refractivity contribution in [2.45, 2.75) is 17.1 Å². The van der Waals surface area contributed by atoms with E-state index in [0.717, 1.165) is 30.3 Å². The molecule has 3 unspecified atom stereocenters. The highest BCUT2D eigenvalue weighted by Gasteiger charge is 2.28. The van der Waals surface area contributed by atoms with E-state index in [4.69, 9.17) is 0 Å². The third-order valence-electron chi connectivity index (χ3n) is 4.18. The SMILES string of the molecule is Cc1cnc(NS(C)=O)cc1C(c1cc(F)ccc1F)S(=O)c1ccc(F)cc1. The Morgan fingerprint density at radius 3 is 2.24 bits per heavy atom. The number of hydrogen-bond donors (Lipinski definition) is 1. The summed E-state index contributed by atoms with van der Waals surface area (Å²) in [4.78, 5) is 4.37. The van der Waals surface area contributed by atoms with E-state index < -0.39 is 44.5 Å². The number of anilines is 1. The summed E-state index contributed by atoms with van der Waals surface area (Å²) in [6.07, 6.45) is 2.89. The zero-order chi connectivity index (χ0) is 21.1. The van der Waals surface area contributed by atoms with Gasteiger partial charge in [-0.05, 0) is 66.6 Å². The van der Waals surface area contributed by atoms with Gasteiger partial charge in [-0.1, -0.05) is 0 Å². The number of nitrogens with zero attached hydrogens (tertiary/aromatic N) is 1. The average molecular weight is 438 g/mol. The molecule has 0 spiro atoms. The molecule has 1 heterocycles.